The maximum atomic E-state index is 12.8. The number of nitrogens with zero attached hydrogens (tertiary/aromatic N) is 1. The first-order valence-corrected chi connectivity index (χ1v) is 6.11. The zero-order chi connectivity index (χ0) is 13.2. The van der Waals surface area contributed by atoms with E-state index < -0.39 is 0 Å². The summed E-state index contributed by atoms with van der Waals surface area (Å²) in [5.74, 6) is -0.299. The molecule has 3 nitrogen and oxygen atoms in total. The number of halogens is 1. The van der Waals surface area contributed by atoms with Crippen molar-refractivity contribution in [1.29, 1.82) is 0 Å². The SMILES string of the molecule is CC1(C)CN(CC(=O)c2ccc(F)cc2)CCO1. The molecule has 1 aliphatic rings. The number of carbonyl (C=O) groups excluding carboxylic acids is 1. The van der Waals surface area contributed by atoms with Crippen molar-refractivity contribution in [3.05, 3.63) is 35.6 Å². The molecule has 0 spiro atoms. The molecule has 0 unspecified atom stereocenters. The molecule has 0 amide bonds. The summed E-state index contributed by atoms with van der Waals surface area (Å²) >= 11 is 0. The van der Waals surface area contributed by atoms with Crippen molar-refractivity contribution in [3.8, 4) is 0 Å². The number of hydrogen-bond donors (Lipinski definition) is 0. The predicted octanol–water partition coefficient (Wildman–Crippen LogP) is 2.12. The number of hydrogen-bond acceptors (Lipinski definition) is 3. The van der Waals surface area contributed by atoms with Gasteiger partial charge in [0.05, 0.1) is 18.8 Å². The Morgan fingerprint density at radius 1 is 1.39 bits per heavy atom. The van der Waals surface area contributed by atoms with Gasteiger partial charge < -0.3 is 4.74 Å². The van der Waals surface area contributed by atoms with E-state index in [0.717, 1.165) is 13.1 Å². The minimum atomic E-state index is -0.320. The predicted molar refractivity (Wildman–Crippen MR) is 67.2 cm³/mol. The van der Waals surface area contributed by atoms with Gasteiger partial charge in [0.15, 0.2) is 5.78 Å². The number of morpholine rings is 1. The maximum Gasteiger partial charge on any atom is 0.176 e. The van der Waals surface area contributed by atoms with E-state index in [2.05, 4.69) is 4.90 Å². The smallest absolute Gasteiger partial charge is 0.176 e. The quantitative estimate of drug-likeness (QED) is 0.771. The summed E-state index contributed by atoms with van der Waals surface area (Å²) in [6, 6.07) is 5.69. The highest BCUT2D eigenvalue weighted by Gasteiger charge is 2.28. The zero-order valence-electron chi connectivity index (χ0n) is 10.8. The van der Waals surface area contributed by atoms with Gasteiger partial charge in [0, 0.05) is 18.7 Å². The molecule has 18 heavy (non-hydrogen) atoms. The molecule has 0 aromatic heterocycles. The van der Waals surface area contributed by atoms with Crippen LogP contribution in [0.15, 0.2) is 24.3 Å². The highest BCUT2D eigenvalue weighted by molar-refractivity contribution is 5.97. The van der Waals surface area contributed by atoms with Gasteiger partial charge in [-0.2, -0.15) is 0 Å². The van der Waals surface area contributed by atoms with Crippen LogP contribution in [0.5, 0.6) is 0 Å². The molecule has 0 bridgehead atoms. The van der Waals surface area contributed by atoms with E-state index in [-0.39, 0.29) is 17.2 Å². The average Bonchev–Trinajstić information content (AvgIpc) is 2.28. The van der Waals surface area contributed by atoms with Crippen molar-refractivity contribution >= 4 is 5.78 Å². The lowest BCUT2D eigenvalue weighted by molar-refractivity contribution is -0.0833. The molecule has 1 aromatic carbocycles. The Kier molecular flexibility index (Phi) is 3.78. The van der Waals surface area contributed by atoms with Gasteiger partial charge in [0.1, 0.15) is 5.82 Å². The van der Waals surface area contributed by atoms with Crippen LogP contribution < -0.4 is 0 Å². The molecule has 2 rings (SSSR count). The fraction of sp³-hybridized carbons (Fsp3) is 0.500. The topological polar surface area (TPSA) is 29.5 Å². The van der Waals surface area contributed by atoms with Crippen LogP contribution in [0.1, 0.15) is 24.2 Å². The summed E-state index contributed by atoms with van der Waals surface area (Å²) < 4.78 is 18.4. The molecule has 1 fully saturated rings. The number of ether oxygens (including phenoxy) is 1. The fourth-order valence-electron chi connectivity index (χ4n) is 2.18. The van der Waals surface area contributed by atoms with Crippen LogP contribution in [-0.2, 0) is 4.74 Å². The fourth-order valence-corrected chi connectivity index (χ4v) is 2.18. The molecule has 0 atom stereocenters. The Balaban J connectivity index is 1.97. The Morgan fingerprint density at radius 2 is 2.06 bits per heavy atom. The molecule has 0 N–H and O–H groups in total. The van der Waals surface area contributed by atoms with Gasteiger partial charge in [-0.15, -0.1) is 0 Å². The molecule has 4 heteroatoms. The van der Waals surface area contributed by atoms with Crippen molar-refractivity contribution < 1.29 is 13.9 Å². The lowest BCUT2D eigenvalue weighted by Crippen LogP contribution is -2.49. The van der Waals surface area contributed by atoms with Crippen LogP contribution in [0.3, 0.4) is 0 Å². The van der Waals surface area contributed by atoms with E-state index >= 15 is 0 Å². The number of benzene rings is 1. The highest BCUT2D eigenvalue weighted by atomic mass is 19.1. The molecule has 98 valence electrons. The van der Waals surface area contributed by atoms with E-state index in [0.29, 0.717) is 18.7 Å². The molecule has 0 saturated carbocycles. The summed E-state index contributed by atoms with van der Waals surface area (Å²) in [7, 11) is 0. The Hall–Kier alpha value is -1.26. The third kappa shape index (κ3) is 3.37. The summed E-state index contributed by atoms with van der Waals surface area (Å²) in [5.41, 5.74) is 0.349. The maximum absolute atomic E-state index is 12.8. The number of ketones is 1. The van der Waals surface area contributed by atoms with Crippen LogP contribution >= 0.6 is 0 Å². The van der Waals surface area contributed by atoms with Crippen LogP contribution in [0.2, 0.25) is 0 Å². The third-order valence-electron chi connectivity index (χ3n) is 3.04. The van der Waals surface area contributed by atoms with Crippen molar-refractivity contribution in [2.24, 2.45) is 0 Å². The molecule has 1 saturated heterocycles. The van der Waals surface area contributed by atoms with Crippen molar-refractivity contribution in [3.63, 3.8) is 0 Å². The Morgan fingerprint density at radius 3 is 2.67 bits per heavy atom. The lowest BCUT2D eigenvalue weighted by Gasteiger charge is -2.37. The summed E-state index contributed by atoms with van der Waals surface area (Å²) in [6.07, 6.45) is 0. The lowest BCUT2D eigenvalue weighted by atomic mass is 10.1. The normalized spacial score (nSPS) is 19.7. The van der Waals surface area contributed by atoms with E-state index in [4.69, 9.17) is 4.74 Å². The number of Topliss-reactive ketones (excluding diaryl/α,β-unsaturated/α-hetero) is 1. The van der Waals surface area contributed by atoms with Crippen LogP contribution in [0.25, 0.3) is 0 Å². The van der Waals surface area contributed by atoms with Crippen molar-refractivity contribution in [2.45, 2.75) is 19.4 Å². The standard InChI is InChI=1S/C14H18FNO2/c1-14(2)10-16(7-8-18-14)9-13(17)11-3-5-12(15)6-4-11/h3-6H,7-10H2,1-2H3. The van der Waals surface area contributed by atoms with Gasteiger partial charge in [-0.3, -0.25) is 9.69 Å². The summed E-state index contributed by atoms with van der Waals surface area (Å²) in [5, 5.41) is 0. The molecule has 1 aromatic rings. The van der Waals surface area contributed by atoms with E-state index in [9.17, 15) is 9.18 Å². The first kappa shape index (κ1) is 13.2. The Labute approximate surface area is 107 Å². The molecule has 1 aliphatic heterocycles. The van der Waals surface area contributed by atoms with Gasteiger partial charge in [0.25, 0.3) is 0 Å². The molecule has 0 aliphatic carbocycles. The average molecular weight is 251 g/mol. The highest BCUT2D eigenvalue weighted by Crippen LogP contribution is 2.16. The van der Waals surface area contributed by atoms with Crippen molar-refractivity contribution in [2.75, 3.05) is 26.2 Å². The van der Waals surface area contributed by atoms with Crippen LogP contribution in [-0.4, -0.2) is 42.5 Å². The van der Waals surface area contributed by atoms with Gasteiger partial charge in [0.2, 0.25) is 0 Å². The first-order chi connectivity index (χ1) is 8.46. The summed E-state index contributed by atoms with van der Waals surface area (Å²) in [6.45, 7) is 6.53. The van der Waals surface area contributed by atoms with E-state index in [1.165, 1.54) is 24.3 Å². The third-order valence-corrected chi connectivity index (χ3v) is 3.04. The van der Waals surface area contributed by atoms with Gasteiger partial charge in [-0.1, -0.05) is 0 Å². The van der Waals surface area contributed by atoms with Gasteiger partial charge >= 0.3 is 0 Å². The number of rotatable bonds is 3. The molecule has 1 heterocycles. The second-order valence-corrected chi connectivity index (χ2v) is 5.25. The van der Waals surface area contributed by atoms with Crippen LogP contribution in [0.4, 0.5) is 4.39 Å². The molecular formula is C14H18FNO2. The monoisotopic (exact) mass is 251 g/mol. The largest absolute Gasteiger partial charge is 0.373 e. The van der Waals surface area contributed by atoms with Gasteiger partial charge in [-0.25, -0.2) is 4.39 Å². The second-order valence-electron chi connectivity index (χ2n) is 5.25. The van der Waals surface area contributed by atoms with E-state index in [1.54, 1.807) is 0 Å². The zero-order valence-corrected chi connectivity index (χ0v) is 10.8. The molecule has 0 radical (unpaired) electrons. The van der Waals surface area contributed by atoms with Gasteiger partial charge in [-0.05, 0) is 38.1 Å². The minimum Gasteiger partial charge on any atom is -0.373 e. The first-order valence-electron chi connectivity index (χ1n) is 6.11. The summed E-state index contributed by atoms with van der Waals surface area (Å²) in [4.78, 5) is 14.1. The van der Waals surface area contributed by atoms with Crippen LogP contribution in [0, 0.1) is 5.82 Å². The Bertz CT molecular complexity index is 428. The number of carbonyl (C=O) groups is 1. The van der Waals surface area contributed by atoms with E-state index in [1.807, 2.05) is 13.8 Å². The van der Waals surface area contributed by atoms with Crippen molar-refractivity contribution in [1.82, 2.24) is 4.90 Å². The molecular weight excluding hydrogens is 233 g/mol. The minimum absolute atomic E-state index is 0.0210. The second kappa shape index (κ2) is 5.16.